The maximum absolute atomic E-state index is 2.64. The molecule has 2 aliphatic rings. The van der Waals surface area contributed by atoms with Gasteiger partial charge in [0.15, 0.2) is 8.07 Å². The van der Waals surface area contributed by atoms with Crippen LogP contribution in [-0.4, -0.2) is 8.07 Å². The number of hydrogen-bond donors (Lipinski definition) is 0. The van der Waals surface area contributed by atoms with Crippen LogP contribution in [0.3, 0.4) is 0 Å². The fourth-order valence-corrected chi connectivity index (χ4v) is 15.7. The summed E-state index contributed by atoms with van der Waals surface area (Å²) in [6, 6.07) is 69.9. The molecule has 2 aliphatic heterocycles. The van der Waals surface area contributed by atoms with Crippen molar-refractivity contribution in [2.75, 3.05) is 4.90 Å². The molecule has 0 bridgehead atoms. The Kier molecular flexibility index (Phi) is 6.51. The van der Waals surface area contributed by atoms with Crippen LogP contribution in [0.25, 0.3) is 33.0 Å². The average Bonchev–Trinajstić information content (AvgIpc) is 3.46. The lowest BCUT2D eigenvalue weighted by atomic mass is 10.0. The van der Waals surface area contributed by atoms with Gasteiger partial charge in [0, 0.05) is 26.6 Å². The third-order valence-corrected chi connectivity index (χ3v) is 16.8. The molecule has 3 heteroatoms. The second-order valence-electron chi connectivity index (χ2n) is 12.9. The summed E-state index contributed by atoms with van der Waals surface area (Å²) in [6.45, 7) is 0. The first kappa shape index (κ1) is 28.4. The van der Waals surface area contributed by atoms with Crippen LogP contribution in [0.15, 0.2) is 198 Å². The topological polar surface area (TPSA) is 3.24 Å². The molecule has 0 fully saturated rings. The Balaban J connectivity index is 1.25. The molecule has 0 radical (unpaired) electrons. The molecule has 1 nitrogen and oxygen atoms in total. The normalized spacial score (nSPS) is 13.4. The molecule has 0 amide bonds. The molecular weight excluding hydrogens is 627 g/mol. The van der Waals surface area contributed by atoms with E-state index in [1.54, 1.807) is 0 Å². The number of nitrogens with zero attached hydrogens (tertiary/aromatic N) is 1. The van der Waals surface area contributed by atoms with E-state index in [0.29, 0.717) is 0 Å². The number of rotatable bonds is 4. The second-order valence-corrected chi connectivity index (χ2v) is 17.6. The molecular formula is C46H31NSSi. The van der Waals surface area contributed by atoms with Gasteiger partial charge in [0.2, 0.25) is 0 Å². The Morgan fingerprint density at radius 2 is 0.959 bits per heavy atom. The van der Waals surface area contributed by atoms with Crippen molar-refractivity contribution in [3.05, 3.63) is 188 Å². The predicted molar refractivity (Wildman–Crippen MR) is 211 cm³/mol. The third kappa shape index (κ3) is 4.26. The van der Waals surface area contributed by atoms with E-state index in [1.165, 1.54) is 74.9 Å². The summed E-state index contributed by atoms with van der Waals surface area (Å²) in [5, 5.41) is 8.41. The smallest absolute Gasteiger partial charge is 0.183 e. The third-order valence-electron chi connectivity index (χ3n) is 10.3. The molecule has 230 valence electrons. The van der Waals surface area contributed by atoms with Gasteiger partial charge in [0.1, 0.15) is 0 Å². The summed E-state index contributed by atoms with van der Waals surface area (Å²) >= 11 is 1.92. The fourth-order valence-electron chi connectivity index (χ4n) is 8.25. The Morgan fingerprint density at radius 3 is 1.73 bits per heavy atom. The van der Waals surface area contributed by atoms with Gasteiger partial charge < -0.3 is 4.90 Å². The number of anilines is 3. The lowest BCUT2D eigenvalue weighted by Crippen LogP contribution is -2.74. The quantitative estimate of drug-likeness (QED) is 0.173. The van der Waals surface area contributed by atoms with E-state index in [1.807, 2.05) is 11.8 Å². The van der Waals surface area contributed by atoms with Crippen LogP contribution in [0, 0.1) is 0 Å². The zero-order valence-electron chi connectivity index (χ0n) is 26.8. The zero-order valence-corrected chi connectivity index (χ0v) is 28.6. The second kappa shape index (κ2) is 11.2. The maximum atomic E-state index is 2.54. The molecule has 0 N–H and O–H groups in total. The van der Waals surface area contributed by atoms with Crippen molar-refractivity contribution in [1.29, 1.82) is 0 Å². The molecule has 0 aliphatic carbocycles. The van der Waals surface area contributed by atoms with Crippen molar-refractivity contribution in [3.8, 4) is 22.3 Å². The summed E-state index contributed by atoms with van der Waals surface area (Å²) in [4.78, 5) is 5.23. The largest absolute Gasteiger partial charge is 0.310 e. The standard InChI is InChI=1S/C46H31NSSi/c1-2-13-32(14-3-1)33-25-27-35(28-26-33)47(40-19-12-16-34-15-4-5-17-37(34)40)36-29-30-39-38-18-6-9-22-43(38)49(46(39)31-36)44-23-10-7-20-41(44)48-42-21-8-11-24-45(42)49/h1-31H. The first-order valence-corrected chi connectivity index (χ1v) is 19.7. The van der Waals surface area contributed by atoms with Gasteiger partial charge in [-0.1, -0.05) is 157 Å². The molecule has 0 saturated carbocycles. The van der Waals surface area contributed by atoms with Gasteiger partial charge in [0.25, 0.3) is 0 Å². The van der Waals surface area contributed by atoms with E-state index in [-0.39, 0.29) is 0 Å². The summed E-state index contributed by atoms with van der Waals surface area (Å²) in [5.74, 6) is 0. The molecule has 1 spiro atoms. The fraction of sp³-hybridized carbons (Fsp3) is 0. The van der Waals surface area contributed by atoms with Crippen LogP contribution in [0.1, 0.15) is 0 Å². The molecule has 2 heterocycles. The molecule has 0 saturated heterocycles. The van der Waals surface area contributed by atoms with Crippen molar-refractivity contribution in [2.24, 2.45) is 0 Å². The lowest BCUT2D eigenvalue weighted by molar-refractivity contribution is 1.30. The first-order valence-electron chi connectivity index (χ1n) is 16.9. The molecule has 49 heavy (non-hydrogen) atoms. The Morgan fingerprint density at radius 1 is 0.388 bits per heavy atom. The van der Waals surface area contributed by atoms with Gasteiger partial charge in [-0.15, -0.1) is 0 Å². The van der Waals surface area contributed by atoms with E-state index >= 15 is 0 Å². The average molecular weight is 658 g/mol. The van der Waals surface area contributed by atoms with Crippen molar-refractivity contribution in [2.45, 2.75) is 9.79 Å². The summed E-state index contributed by atoms with van der Waals surface area (Å²) in [5.41, 5.74) is 8.66. The van der Waals surface area contributed by atoms with Crippen molar-refractivity contribution >= 4 is 68.4 Å². The SMILES string of the molecule is c1ccc(-c2ccc(N(c3ccc4c(c3)[Si]3(c5ccccc5Sc5ccccc53)c3ccccc3-4)c3cccc4ccccc34)cc2)cc1. The maximum Gasteiger partial charge on any atom is 0.183 e. The first-order chi connectivity index (χ1) is 24.3. The van der Waals surface area contributed by atoms with Crippen LogP contribution >= 0.6 is 11.8 Å². The Bertz CT molecular complexity index is 2490. The van der Waals surface area contributed by atoms with Crippen LogP contribution in [0.2, 0.25) is 0 Å². The van der Waals surface area contributed by atoms with Gasteiger partial charge in [-0.2, -0.15) is 0 Å². The number of hydrogen-bond acceptors (Lipinski definition) is 2. The van der Waals surface area contributed by atoms with Crippen molar-refractivity contribution < 1.29 is 0 Å². The Labute approximate surface area is 292 Å². The molecule has 0 aromatic heterocycles. The van der Waals surface area contributed by atoms with Crippen LogP contribution in [-0.2, 0) is 0 Å². The molecule has 0 atom stereocenters. The van der Waals surface area contributed by atoms with Gasteiger partial charge in [-0.05, 0) is 90.9 Å². The highest BCUT2D eigenvalue weighted by atomic mass is 32.2. The van der Waals surface area contributed by atoms with Crippen LogP contribution in [0.4, 0.5) is 17.1 Å². The number of fused-ring (bicyclic) bond motifs is 10. The van der Waals surface area contributed by atoms with Gasteiger partial charge in [-0.25, -0.2) is 0 Å². The lowest BCUT2D eigenvalue weighted by Gasteiger charge is -2.38. The highest BCUT2D eigenvalue weighted by Gasteiger charge is 2.52. The minimum Gasteiger partial charge on any atom is -0.310 e. The molecule has 0 unspecified atom stereocenters. The van der Waals surface area contributed by atoms with Gasteiger partial charge in [0.05, 0.1) is 5.69 Å². The number of benzene rings is 8. The summed E-state index contributed by atoms with van der Waals surface area (Å²) < 4.78 is 0. The van der Waals surface area contributed by atoms with E-state index < -0.39 is 8.07 Å². The van der Waals surface area contributed by atoms with Crippen molar-refractivity contribution in [3.63, 3.8) is 0 Å². The van der Waals surface area contributed by atoms with Gasteiger partial charge >= 0.3 is 0 Å². The van der Waals surface area contributed by atoms with Crippen LogP contribution < -0.4 is 25.6 Å². The zero-order chi connectivity index (χ0) is 32.4. The predicted octanol–water partition coefficient (Wildman–Crippen LogP) is 9.80. The molecule has 8 aromatic carbocycles. The van der Waals surface area contributed by atoms with E-state index in [9.17, 15) is 0 Å². The van der Waals surface area contributed by atoms with E-state index in [2.05, 4.69) is 193 Å². The summed E-state index contributed by atoms with van der Waals surface area (Å²) in [7, 11) is -2.64. The highest BCUT2D eigenvalue weighted by molar-refractivity contribution is 8.00. The van der Waals surface area contributed by atoms with Gasteiger partial charge in [-0.3, -0.25) is 0 Å². The van der Waals surface area contributed by atoms with Crippen molar-refractivity contribution in [1.82, 2.24) is 0 Å². The van der Waals surface area contributed by atoms with E-state index in [4.69, 9.17) is 0 Å². The minimum absolute atomic E-state index is 1.14. The Hall–Kier alpha value is -5.61. The molecule has 8 aromatic rings. The van der Waals surface area contributed by atoms with Crippen LogP contribution in [0.5, 0.6) is 0 Å². The monoisotopic (exact) mass is 657 g/mol. The van der Waals surface area contributed by atoms with E-state index in [0.717, 1.165) is 5.69 Å². The highest BCUT2D eigenvalue weighted by Crippen LogP contribution is 2.43. The minimum atomic E-state index is -2.64. The molecule has 10 rings (SSSR count). The summed E-state index contributed by atoms with van der Waals surface area (Å²) in [6.07, 6.45) is 0.